The number of carboxylic acids is 1. The van der Waals surface area contributed by atoms with Gasteiger partial charge < -0.3 is 25.8 Å². The normalized spacial score (nSPS) is 16.9. The summed E-state index contributed by atoms with van der Waals surface area (Å²) in [6.45, 7) is 3.10. The summed E-state index contributed by atoms with van der Waals surface area (Å²) in [5.74, 6) is -0.981. The van der Waals surface area contributed by atoms with Crippen LogP contribution < -0.4 is 5.73 Å². The highest BCUT2D eigenvalue weighted by Gasteiger charge is 2.32. The van der Waals surface area contributed by atoms with E-state index in [2.05, 4.69) is 17.1 Å². The number of aliphatic hydroxyl groups is 1. The molecule has 1 aliphatic heterocycles. The number of piperidine rings is 1. The van der Waals surface area contributed by atoms with Crippen molar-refractivity contribution in [3.63, 3.8) is 0 Å². The summed E-state index contributed by atoms with van der Waals surface area (Å²) in [7, 11) is 0. The van der Waals surface area contributed by atoms with Crippen molar-refractivity contribution in [2.24, 2.45) is 5.73 Å². The molecule has 31 heavy (non-hydrogen) atoms. The first kappa shape index (κ1) is 21.1. The average molecular weight is 421 g/mol. The molecule has 0 saturated carbocycles. The summed E-state index contributed by atoms with van der Waals surface area (Å²) >= 11 is 0. The zero-order valence-electron chi connectivity index (χ0n) is 17.5. The molecule has 1 aromatic heterocycles. The number of hydrogen-bond donors (Lipinski definition) is 4. The van der Waals surface area contributed by atoms with Gasteiger partial charge >= 0.3 is 5.97 Å². The summed E-state index contributed by atoms with van der Waals surface area (Å²) in [5.41, 5.74) is 7.50. The van der Waals surface area contributed by atoms with E-state index in [4.69, 9.17) is 5.73 Å². The predicted octanol–water partition coefficient (Wildman–Crippen LogP) is 2.94. The first-order valence-electron chi connectivity index (χ1n) is 10.5. The summed E-state index contributed by atoms with van der Waals surface area (Å²) in [6.07, 6.45) is 1.79. The Morgan fingerprint density at radius 1 is 1.16 bits per heavy atom. The molecule has 162 valence electrons. The first-order valence-corrected chi connectivity index (χ1v) is 10.5. The monoisotopic (exact) mass is 421 g/mol. The maximum absolute atomic E-state index is 13.0. The topological polar surface area (TPSA) is 120 Å². The highest BCUT2D eigenvalue weighted by Crippen LogP contribution is 2.30. The van der Waals surface area contributed by atoms with Crippen LogP contribution in [0.1, 0.15) is 52.9 Å². The first-order chi connectivity index (χ1) is 14.8. The Balaban J connectivity index is 1.48. The molecule has 1 aliphatic rings. The van der Waals surface area contributed by atoms with Crippen molar-refractivity contribution in [1.82, 2.24) is 9.88 Å². The van der Waals surface area contributed by atoms with E-state index in [9.17, 15) is 19.8 Å². The lowest BCUT2D eigenvalue weighted by atomic mass is 9.88. The van der Waals surface area contributed by atoms with Gasteiger partial charge in [0.2, 0.25) is 0 Å². The lowest BCUT2D eigenvalue weighted by Crippen LogP contribution is -2.38. The van der Waals surface area contributed by atoms with E-state index in [1.54, 1.807) is 24.3 Å². The molecule has 7 nitrogen and oxygen atoms in total. The number of nitrogens with one attached hydrogen (secondary N) is 1. The largest absolute Gasteiger partial charge is 0.479 e. The summed E-state index contributed by atoms with van der Waals surface area (Å²) in [4.78, 5) is 29.3. The van der Waals surface area contributed by atoms with Crippen molar-refractivity contribution < 1.29 is 19.8 Å². The number of nitrogens with two attached hydrogens (primary N) is 1. The van der Waals surface area contributed by atoms with Gasteiger partial charge in [-0.3, -0.25) is 4.79 Å². The predicted molar refractivity (Wildman–Crippen MR) is 118 cm³/mol. The molecule has 5 N–H and O–H groups in total. The average Bonchev–Trinajstić information content (AvgIpc) is 3.22. The van der Waals surface area contributed by atoms with Crippen LogP contribution in [0.15, 0.2) is 48.5 Å². The molecule has 2 heterocycles. The number of rotatable bonds is 5. The molecule has 0 bridgehead atoms. The number of aromatic nitrogens is 1. The van der Waals surface area contributed by atoms with Crippen LogP contribution in [0, 0.1) is 0 Å². The number of H-pyrrole nitrogens is 1. The molecule has 1 unspecified atom stereocenters. The van der Waals surface area contributed by atoms with Crippen LogP contribution in [-0.4, -0.2) is 45.1 Å². The number of aliphatic carboxylic acids is 1. The van der Waals surface area contributed by atoms with Gasteiger partial charge in [-0.25, -0.2) is 4.79 Å². The van der Waals surface area contributed by atoms with Crippen LogP contribution in [0.5, 0.6) is 0 Å². The van der Waals surface area contributed by atoms with Crippen LogP contribution in [0.2, 0.25) is 0 Å². The minimum atomic E-state index is -1.99. The number of carbonyl (C=O) groups excluding carboxylic acids is 1. The molecule has 0 spiro atoms. The quantitative estimate of drug-likeness (QED) is 0.505. The Labute approximate surface area is 180 Å². The van der Waals surface area contributed by atoms with Gasteiger partial charge in [0.05, 0.1) is 0 Å². The van der Waals surface area contributed by atoms with E-state index in [0.29, 0.717) is 36.8 Å². The van der Waals surface area contributed by atoms with Gasteiger partial charge in [-0.2, -0.15) is 0 Å². The smallest absolute Gasteiger partial charge is 0.340 e. The minimum absolute atomic E-state index is 0.0723. The molecular weight excluding hydrogens is 394 g/mol. The maximum atomic E-state index is 13.0. The highest BCUT2D eigenvalue weighted by atomic mass is 16.4. The summed E-state index contributed by atoms with van der Waals surface area (Å²) < 4.78 is 0. The lowest BCUT2D eigenvalue weighted by Gasteiger charge is -2.32. The Bertz CT molecular complexity index is 1130. The number of aromatic amines is 1. The van der Waals surface area contributed by atoms with Gasteiger partial charge in [-0.1, -0.05) is 36.4 Å². The van der Waals surface area contributed by atoms with E-state index in [0.717, 1.165) is 23.8 Å². The fourth-order valence-corrected chi connectivity index (χ4v) is 4.23. The van der Waals surface area contributed by atoms with Crippen molar-refractivity contribution >= 4 is 22.8 Å². The van der Waals surface area contributed by atoms with Crippen molar-refractivity contribution in [2.75, 3.05) is 13.1 Å². The molecule has 1 amide bonds. The van der Waals surface area contributed by atoms with Gasteiger partial charge in [0.15, 0.2) is 5.60 Å². The van der Waals surface area contributed by atoms with Gasteiger partial charge in [0.1, 0.15) is 5.69 Å². The lowest BCUT2D eigenvalue weighted by molar-refractivity contribution is -0.157. The number of likely N-dealkylation sites (tertiary alicyclic amines) is 1. The number of nitrogens with zero attached hydrogens (tertiary/aromatic N) is 1. The SMILES string of the molecule is CC(O)(C(=O)O)c1ccc2cc(C(=O)N3CCC(c4cccc(CN)c4)CC3)[nH]c2c1. The molecule has 0 aliphatic carbocycles. The molecule has 7 heteroatoms. The number of fused-ring (bicyclic) bond motifs is 1. The molecule has 0 radical (unpaired) electrons. The molecule has 1 fully saturated rings. The maximum Gasteiger partial charge on any atom is 0.340 e. The molecule has 3 aromatic rings. The van der Waals surface area contributed by atoms with Crippen LogP contribution >= 0.6 is 0 Å². The zero-order valence-corrected chi connectivity index (χ0v) is 17.5. The third-order valence-corrected chi connectivity index (χ3v) is 6.27. The molecule has 4 rings (SSSR count). The van der Waals surface area contributed by atoms with Gasteiger partial charge in [0.25, 0.3) is 5.91 Å². The van der Waals surface area contributed by atoms with Crippen LogP contribution in [0.25, 0.3) is 10.9 Å². The number of hydrogen-bond acceptors (Lipinski definition) is 4. The summed E-state index contributed by atoms with van der Waals surface area (Å²) in [5, 5.41) is 20.2. The Morgan fingerprint density at radius 2 is 1.90 bits per heavy atom. The Kier molecular flexibility index (Phi) is 5.56. The van der Waals surface area contributed by atoms with Crippen LogP contribution in [-0.2, 0) is 16.9 Å². The molecule has 2 aromatic carbocycles. The van der Waals surface area contributed by atoms with E-state index in [1.165, 1.54) is 12.5 Å². The van der Waals surface area contributed by atoms with Crippen LogP contribution in [0.3, 0.4) is 0 Å². The van der Waals surface area contributed by atoms with Gasteiger partial charge in [0, 0.05) is 30.5 Å². The zero-order chi connectivity index (χ0) is 22.2. The van der Waals surface area contributed by atoms with E-state index in [1.807, 2.05) is 17.0 Å². The molecular formula is C24H27N3O4. The molecule has 1 atom stereocenters. The van der Waals surface area contributed by atoms with Crippen molar-refractivity contribution in [3.8, 4) is 0 Å². The fourth-order valence-electron chi connectivity index (χ4n) is 4.23. The highest BCUT2D eigenvalue weighted by molar-refractivity contribution is 5.98. The minimum Gasteiger partial charge on any atom is -0.479 e. The Morgan fingerprint density at radius 3 is 2.58 bits per heavy atom. The van der Waals surface area contributed by atoms with Gasteiger partial charge in [-0.05, 0) is 54.5 Å². The second kappa shape index (κ2) is 8.17. The van der Waals surface area contributed by atoms with Gasteiger partial charge in [-0.15, -0.1) is 0 Å². The third-order valence-electron chi connectivity index (χ3n) is 6.27. The second-order valence-corrected chi connectivity index (χ2v) is 8.38. The third kappa shape index (κ3) is 4.06. The van der Waals surface area contributed by atoms with E-state index < -0.39 is 11.6 Å². The number of carboxylic acid groups (broad SMARTS) is 1. The van der Waals surface area contributed by atoms with Crippen molar-refractivity contribution in [2.45, 2.75) is 37.8 Å². The van der Waals surface area contributed by atoms with Crippen LogP contribution in [0.4, 0.5) is 0 Å². The van der Waals surface area contributed by atoms with E-state index in [-0.39, 0.29) is 11.5 Å². The standard InChI is InChI=1S/C24H27N3O4/c1-24(31,23(29)30)19-6-5-18-12-21(26-20(18)13-19)22(28)27-9-7-16(8-10-27)17-4-2-3-15(11-17)14-25/h2-6,11-13,16,26,31H,7-10,14,25H2,1H3,(H,29,30). The molecule has 1 saturated heterocycles. The number of carbonyl (C=O) groups is 2. The number of amides is 1. The fraction of sp³-hybridized carbons (Fsp3) is 0.333. The van der Waals surface area contributed by atoms with E-state index >= 15 is 0 Å². The Hall–Kier alpha value is -3.16. The van der Waals surface area contributed by atoms with Crippen molar-refractivity contribution in [3.05, 3.63) is 70.9 Å². The second-order valence-electron chi connectivity index (χ2n) is 8.38. The van der Waals surface area contributed by atoms with Crippen molar-refractivity contribution in [1.29, 1.82) is 0 Å². The number of benzene rings is 2. The summed E-state index contributed by atoms with van der Waals surface area (Å²) in [6, 6.07) is 15.0.